The van der Waals surface area contributed by atoms with Crippen LogP contribution in [-0.2, 0) is 0 Å². The minimum absolute atomic E-state index is 0.306. The van der Waals surface area contributed by atoms with E-state index in [0.29, 0.717) is 4.88 Å². The highest BCUT2D eigenvalue weighted by molar-refractivity contribution is 7.12. The fourth-order valence-electron chi connectivity index (χ4n) is 1.19. The SMILES string of the molecule is O=C(N/N=C/c1ccc(F)s1)c1[nH]ncc1[N+](=O)[O-]. The number of nitrogens with zero attached hydrogens (tertiary/aromatic N) is 3. The lowest BCUT2D eigenvalue weighted by Gasteiger charge is -1.95. The van der Waals surface area contributed by atoms with Gasteiger partial charge in [0.05, 0.1) is 16.0 Å². The lowest BCUT2D eigenvalue weighted by molar-refractivity contribution is -0.385. The largest absolute Gasteiger partial charge is 0.319 e. The van der Waals surface area contributed by atoms with Crippen molar-refractivity contribution in [3.05, 3.63) is 44.1 Å². The van der Waals surface area contributed by atoms with Crippen LogP contribution in [0.3, 0.4) is 0 Å². The van der Waals surface area contributed by atoms with Gasteiger partial charge in [-0.2, -0.15) is 14.6 Å². The summed E-state index contributed by atoms with van der Waals surface area (Å²) in [5.74, 6) is -0.808. The Balaban J connectivity index is 2.03. The summed E-state index contributed by atoms with van der Waals surface area (Å²) in [4.78, 5) is 21.9. The molecule has 8 nitrogen and oxygen atoms in total. The topological polar surface area (TPSA) is 113 Å². The van der Waals surface area contributed by atoms with E-state index in [0.717, 1.165) is 17.5 Å². The Hall–Kier alpha value is -2.62. The molecule has 1 amide bonds. The molecule has 0 bridgehead atoms. The molecule has 2 aromatic heterocycles. The van der Waals surface area contributed by atoms with Crippen molar-refractivity contribution in [3.63, 3.8) is 0 Å². The first kappa shape index (κ1) is 12.8. The third-order valence-corrected chi connectivity index (χ3v) is 2.80. The van der Waals surface area contributed by atoms with E-state index in [1.807, 2.05) is 0 Å². The van der Waals surface area contributed by atoms with Crippen molar-refractivity contribution >= 4 is 29.1 Å². The van der Waals surface area contributed by atoms with E-state index in [1.165, 1.54) is 18.3 Å². The number of nitro groups is 1. The van der Waals surface area contributed by atoms with Gasteiger partial charge in [-0.25, -0.2) is 5.43 Å². The lowest BCUT2D eigenvalue weighted by atomic mass is 10.3. The van der Waals surface area contributed by atoms with Crippen LogP contribution in [0.1, 0.15) is 15.4 Å². The number of H-pyrrole nitrogens is 1. The number of nitrogens with one attached hydrogen (secondary N) is 2. The number of thiophene rings is 1. The van der Waals surface area contributed by atoms with Crippen LogP contribution in [0.2, 0.25) is 0 Å². The molecule has 2 rings (SSSR count). The van der Waals surface area contributed by atoms with Gasteiger partial charge in [0.1, 0.15) is 6.20 Å². The molecule has 0 aliphatic carbocycles. The Labute approximate surface area is 109 Å². The maximum atomic E-state index is 12.7. The molecular weight excluding hydrogens is 277 g/mol. The summed E-state index contributed by atoms with van der Waals surface area (Å²) in [6.45, 7) is 0. The van der Waals surface area contributed by atoms with Crippen LogP contribution in [0.4, 0.5) is 10.1 Å². The van der Waals surface area contributed by atoms with E-state index in [1.54, 1.807) is 0 Å². The van der Waals surface area contributed by atoms with E-state index in [4.69, 9.17) is 0 Å². The highest BCUT2D eigenvalue weighted by atomic mass is 32.1. The predicted molar refractivity (Wildman–Crippen MR) is 64.6 cm³/mol. The first-order valence-corrected chi connectivity index (χ1v) is 5.66. The number of hydrogen-bond acceptors (Lipinski definition) is 6. The van der Waals surface area contributed by atoms with E-state index in [2.05, 4.69) is 20.7 Å². The standard InChI is InChI=1S/C9H6FN5O3S/c10-7-2-1-5(19-7)3-11-14-9(16)8-6(15(17)18)4-12-13-8/h1-4H,(H,12,13)(H,14,16)/b11-3+. The number of carbonyl (C=O) groups excluding carboxylic acids is 1. The quantitative estimate of drug-likeness (QED) is 0.499. The smallest absolute Gasteiger partial charge is 0.267 e. The van der Waals surface area contributed by atoms with Crippen LogP contribution in [0.5, 0.6) is 0 Å². The average molecular weight is 283 g/mol. The molecule has 0 fully saturated rings. The molecule has 10 heteroatoms. The molecule has 0 saturated carbocycles. The number of aromatic amines is 1. The van der Waals surface area contributed by atoms with Crippen LogP contribution in [0.25, 0.3) is 0 Å². The maximum Gasteiger partial charge on any atom is 0.319 e. The van der Waals surface area contributed by atoms with E-state index in [-0.39, 0.29) is 10.8 Å². The van der Waals surface area contributed by atoms with Crippen LogP contribution >= 0.6 is 11.3 Å². The molecule has 0 spiro atoms. The lowest BCUT2D eigenvalue weighted by Crippen LogP contribution is -2.19. The molecule has 0 aliphatic rings. The van der Waals surface area contributed by atoms with E-state index >= 15 is 0 Å². The van der Waals surface area contributed by atoms with Crippen LogP contribution in [-0.4, -0.2) is 27.2 Å². The van der Waals surface area contributed by atoms with Gasteiger partial charge in [0.2, 0.25) is 5.69 Å². The zero-order valence-corrected chi connectivity index (χ0v) is 9.98. The molecule has 19 heavy (non-hydrogen) atoms. The van der Waals surface area contributed by atoms with Crippen molar-refractivity contribution in [3.8, 4) is 0 Å². The van der Waals surface area contributed by atoms with Gasteiger partial charge in [0, 0.05) is 0 Å². The number of hydrazone groups is 1. The molecule has 98 valence electrons. The zero-order valence-electron chi connectivity index (χ0n) is 9.16. The number of hydrogen-bond donors (Lipinski definition) is 2. The summed E-state index contributed by atoms with van der Waals surface area (Å²) in [5, 5.41) is 19.4. The van der Waals surface area contributed by atoms with Gasteiger partial charge >= 0.3 is 5.69 Å². The molecule has 0 saturated heterocycles. The molecule has 2 aromatic rings. The van der Waals surface area contributed by atoms with Crippen LogP contribution in [0, 0.1) is 15.2 Å². The monoisotopic (exact) mass is 283 g/mol. The number of carbonyl (C=O) groups is 1. The maximum absolute atomic E-state index is 12.7. The average Bonchev–Trinajstić information content (AvgIpc) is 2.97. The summed E-state index contributed by atoms with van der Waals surface area (Å²) >= 11 is 0.849. The third-order valence-electron chi connectivity index (χ3n) is 1.99. The van der Waals surface area contributed by atoms with Gasteiger partial charge < -0.3 is 0 Å². The molecule has 0 aliphatic heterocycles. The fourth-order valence-corrected chi connectivity index (χ4v) is 1.80. The minimum Gasteiger partial charge on any atom is -0.267 e. The normalized spacial score (nSPS) is 10.8. The Bertz CT molecular complexity index is 650. The van der Waals surface area contributed by atoms with Crippen LogP contribution in [0.15, 0.2) is 23.4 Å². The first-order valence-electron chi connectivity index (χ1n) is 4.84. The summed E-state index contributed by atoms with van der Waals surface area (Å²) in [7, 11) is 0. The van der Waals surface area contributed by atoms with Gasteiger partial charge in [-0.05, 0) is 12.1 Å². The molecule has 2 heterocycles. The summed E-state index contributed by atoms with van der Waals surface area (Å²) in [6.07, 6.45) is 2.15. The summed E-state index contributed by atoms with van der Waals surface area (Å²) in [5.41, 5.74) is 1.32. The van der Waals surface area contributed by atoms with Crippen molar-refractivity contribution in [1.82, 2.24) is 15.6 Å². The Morgan fingerprint density at radius 1 is 1.63 bits per heavy atom. The minimum atomic E-state index is -0.808. The number of amides is 1. The highest BCUT2D eigenvalue weighted by Gasteiger charge is 2.22. The van der Waals surface area contributed by atoms with Gasteiger partial charge in [-0.1, -0.05) is 0 Å². The Morgan fingerprint density at radius 2 is 2.42 bits per heavy atom. The zero-order chi connectivity index (χ0) is 13.8. The second-order valence-corrected chi connectivity index (χ2v) is 4.29. The molecular formula is C9H6FN5O3S. The van der Waals surface area contributed by atoms with Gasteiger partial charge in [-0.15, -0.1) is 11.3 Å². The molecule has 0 atom stereocenters. The second kappa shape index (κ2) is 5.35. The van der Waals surface area contributed by atoms with E-state index in [9.17, 15) is 19.3 Å². The van der Waals surface area contributed by atoms with Crippen molar-refractivity contribution in [2.24, 2.45) is 5.10 Å². The van der Waals surface area contributed by atoms with Crippen molar-refractivity contribution < 1.29 is 14.1 Å². The fraction of sp³-hybridized carbons (Fsp3) is 0. The summed E-state index contributed by atoms with van der Waals surface area (Å²) < 4.78 is 12.7. The van der Waals surface area contributed by atoms with Crippen molar-refractivity contribution in [2.75, 3.05) is 0 Å². The van der Waals surface area contributed by atoms with Gasteiger partial charge in [-0.3, -0.25) is 20.0 Å². The van der Waals surface area contributed by atoms with Gasteiger partial charge in [0.25, 0.3) is 5.91 Å². The third kappa shape index (κ3) is 2.98. The Morgan fingerprint density at radius 3 is 3.05 bits per heavy atom. The molecule has 0 radical (unpaired) electrons. The number of halogens is 1. The van der Waals surface area contributed by atoms with Crippen molar-refractivity contribution in [1.29, 1.82) is 0 Å². The van der Waals surface area contributed by atoms with Crippen LogP contribution < -0.4 is 5.43 Å². The number of rotatable bonds is 4. The second-order valence-electron chi connectivity index (χ2n) is 3.23. The molecule has 0 unspecified atom stereocenters. The molecule has 0 aromatic carbocycles. The van der Waals surface area contributed by atoms with Crippen molar-refractivity contribution in [2.45, 2.75) is 0 Å². The molecule has 2 N–H and O–H groups in total. The van der Waals surface area contributed by atoms with Gasteiger partial charge in [0.15, 0.2) is 5.13 Å². The predicted octanol–water partition coefficient (Wildman–Crippen LogP) is 1.28. The highest BCUT2D eigenvalue weighted by Crippen LogP contribution is 2.14. The number of aromatic nitrogens is 2. The van der Waals surface area contributed by atoms with E-state index < -0.39 is 16.5 Å². The summed E-state index contributed by atoms with van der Waals surface area (Å²) in [6, 6.07) is 2.74. The Kier molecular flexibility index (Phi) is 3.61. The first-order chi connectivity index (χ1) is 9.08.